The fourth-order valence-corrected chi connectivity index (χ4v) is 5.77. The van der Waals surface area contributed by atoms with Gasteiger partial charge in [0, 0.05) is 35.5 Å². The normalized spacial score (nSPS) is 21.7. The number of nitrogens with one attached hydrogen (secondary N) is 1. The minimum absolute atomic E-state index is 0.0411. The molecular formula is C24H27F3N2O3S. The SMILES string of the molecule is CC(C)C(=O)N1CC2(CC2)C(NS(C)(=O)=O)C1Cc1cccc(-c2cc(F)cc(F)c2)c1F. The van der Waals surface area contributed by atoms with Gasteiger partial charge in [0.05, 0.1) is 12.3 Å². The number of carbonyl (C=O) groups is 1. The van der Waals surface area contributed by atoms with Gasteiger partial charge in [0.2, 0.25) is 15.9 Å². The number of hydrogen-bond acceptors (Lipinski definition) is 3. The quantitative estimate of drug-likeness (QED) is 0.683. The summed E-state index contributed by atoms with van der Waals surface area (Å²) >= 11 is 0. The third-order valence-corrected chi connectivity index (χ3v) is 7.30. The molecule has 1 aliphatic carbocycles. The van der Waals surface area contributed by atoms with Gasteiger partial charge in [-0.05, 0) is 42.5 Å². The lowest BCUT2D eigenvalue weighted by atomic mass is 9.91. The average Bonchev–Trinajstić information content (AvgIpc) is 3.43. The molecule has 0 aromatic heterocycles. The third kappa shape index (κ3) is 4.80. The molecule has 4 rings (SSSR count). The van der Waals surface area contributed by atoms with Gasteiger partial charge in [-0.3, -0.25) is 4.79 Å². The van der Waals surface area contributed by atoms with Crippen LogP contribution in [0.4, 0.5) is 13.2 Å². The Morgan fingerprint density at radius 1 is 1.15 bits per heavy atom. The van der Waals surface area contributed by atoms with Gasteiger partial charge >= 0.3 is 0 Å². The highest BCUT2D eigenvalue weighted by Crippen LogP contribution is 2.55. The van der Waals surface area contributed by atoms with Crippen molar-refractivity contribution in [3.63, 3.8) is 0 Å². The molecule has 2 unspecified atom stereocenters. The van der Waals surface area contributed by atoms with E-state index >= 15 is 4.39 Å². The van der Waals surface area contributed by atoms with Gasteiger partial charge in [0.15, 0.2) is 0 Å². The Morgan fingerprint density at radius 2 is 1.79 bits per heavy atom. The van der Waals surface area contributed by atoms with Crippen LogP contribution < -0.4 is 4.72 Å². The van der Waals surface area contributed by atoms with Gasteiger partial charge in [-0.1, -0.05) is 32.0 Å². The lowest BCUT2D eigenvalue weighted by Gasteiger charge is -2.30. The van der Waals surface area contributed by atoms with E-state index in [2.05, 4.69) is 4.72 Å². The molecule has 33 heavy (non-hydrogen) atoms. The molecule has 2 atom stereocenters. The Balaban J connectivity index is 1.74. The molecule has 0 radical (unpaired) electrons. The maximum atomic E-state index is 15.5. The summed E-state index contributed by atoms with van der Waals surface area (Å²) in [6.45, 7) is 3.96. The second kappa shape index (κ2) is 8.43. The number of rotatable bonds is 6. The van der Waals surface area contributed by atoms with E-state index in [1.807, 2.05) is 0 Å². The maximum Gasteiger partial charge on any atom is 0.225 e. The molecule has 1 amide bonds. The zero-order valence-corrected chi connectivity index (χ0v) is 19.6. The average molecular weight is 481 g/mol. The summed E-state index contributed by atoms with van der Waals surface area (Å²) in [4.78, 5) is 14.7. The van der Waals surface area contributed by atoms with Gasteiger partial charge < -0.3 is 4.90 Å². The van der Waals surface area contributed by atoms with E-state index in [0.717, 1.165) is 37.3 Å². The fourth-order valence-electron chi connectivity index (χ4n) is 4.90. The number of carbonyl (C=O) groups excluding carboxylic acids is 1. The highest BCUT2D eigenvalue weighted by Gasteiger charge is 2.61. The van der Waals surface area contributed by atoms with Crippen molar-refractivity contribution < 1.29 is 26.4 Å². The number of nitrogens with zero attached hydrogens (tertiary/aromatic N) is 1. The molecule has 0 bridgehead atoms. The van der Waals surface area contributed by atoms with Crippen molar-refractivity contribution in [3.8, 4) is 11.1 Å². The van der Waals surface area contributed by atoms with Crippen molar-refractivity contribution in [2.45, 2.75) is 45.2 Å². The Bertz CT molecular complexity index is 1180. The lowest BCUT2D eigenvalue weighted by molar-refractivity contribution is -0.135. The predicted octanol–water partition coefficient (Wildman–Crippen LogP) is 3.88. The van der Waals surface area contributed by atoms with Crippen molar-refractivity contribution in [2.75, 3.05) is 12.8 Å². The number of benzene rings is 2. The Labute approximate surface area is 192 Å². The van der Waals surface area contributed by atoms with Crippen LogP contribution in [-0.2, 0) is 21.2 Å². The topological polar surface area (TPSA) is 66.5 Å². The molecule has 1 N–H and O–H groups in total. The van der Waals surface area contributed by atoms with E-state index in [1.165, 1.54) is 6.07 Å². The zero-order chi connectivity index (χ0) is 24.1. The molecule has 2 aromatic rings. The van der Waals surface area contributed by atoms with E-state index < -0.39 is 39.6 Å². The van der Waals surface area contributed by atoms with Crippen LogP contribution in [0.25, 0.3) is 11.1 Å². The largest absolute Gasteiger partial charge is 0.337 e. The number of likely N-dealkylation sites (tertiary alicyclic amines) is 1. The van der Waals surface area contributed by atoms with Crippen LogP contribution in [0.2, 0.25) is 0 Å². The number of amides is 1. The minimum Gasteiger partial charge on any atom is -0.337 e. The van der Waals surface area contributed by atoms with E-state index in [1.54, 1.807) is 30.9 Å². The zero-order valence-electron chi connectivity index (χ0n) is 18.7. The molecule has 1 heterocycles. The standard InChI is InChI=1S/C24H27F3N2O3S/c1-14(2)23(30)29-13-24(7-8-24)22(28-33(3,31)32)20(29)11-15-5-4-6-19(21(15)27)16-9-17(25)12-18(26)10-16/h4-6,9-10,12,14,20,22,28H,7-8,11,13H2,1-3H3. The third-order valence-electron chi connectivity index (χ3n) is 6.62. The first-order valence-corrected chi connectivity index (χ1v) is 12.8. The molecular weight excluding hydrogens is 453 g/mol. The summed E-state index contributed by atoms with van der Waals surface area (Å²) in [5.41, 5.74) is 0.0110. The molecule has 1 saturated heterocycles. The van der Waals surface area contributed by atoms with Gasteiger partial charge in [-0.25, -0.2) is 26.3 Å². The van der Waals surface area contributed by atoms with Crippen molar-refractivity contribution in [1.82, 2.24) is 9.62 Å². The Kier molecular flexibility index (Phi) is 6.07. The minimum atomic E-state index is -3.57. The summed E-state index contributed by atoms with van der Waals surface area (Å²) < 4.78 is 69.9. The summed E-state index contributed by atoms with van der Waals surface area (Å²) in [6.07, 6.45) is 2.71. The van der Waals surface area contributed by atoms with Crippen LogP contribution in [0.5, 0.6) is 0 Å². The van der Waals surface area contributed by atoms with Crippen LogP contribution in [0.1, 0.15) is 32.3 Å². The molecule has 5 nitrogen and oxygen atoms in total. The number of sulfonamides is 1. The van der Waals surface area contributed by atoms with Crippen molar-refractivity contribution in [2.24, 2.45) is 11.3 Å². The molecule has 9 heteroatoms. The Morgan fingerprint density at radius 3 is 2.33 bits per heavy atom. The molecule has 178 valence electrons. The van der Waals surface area contributed by atoms with Crippen LogP contribution in [-0.4, -0.2) is 44.1 Å². The predicted molar refractivity (Wildman–Crippen MR) is 119 cm³/mol. The van der Waals surface area contributed by atoms with Crippen molar-refractivity contribution >= 4 is 15.9 Å². The van der Waals surface area contributed by atoms with Gasteiger partial charge in [-0.15, -0.1) is 0 Å². The molecule has 2 aliphatic rings. The first-order valence-electron chi connectivity index (χ1n) is 10.9. The summed E-state index contributed by atoms with van der Waals surface area (Å²) in [5.74, 6) is -2.69. The molecule has 1 saturated carbocycles. The molecule has 1 aliphatic heterocycles. The molecule has 2 fully saturated rings. The highest BCUT2D eigenvalue weighted by molar-refractivity contribution is 7.88. The smallest absolute Gasteiger partial charge is 0.225 e. The lowest BCUT2D eigenvalue weighted by Crippen LogP contribution is -2.50. The van der Waals surface area contributed by atoms with Crippen LogP contribution in [0.15, 0.2) is 36.4 Å². The van der Waals surface area contributed by atoms with Crippen molar-refractivity contribution in [3.05, 3.63) is 59.4 Å². The van der Waals surface area contributed by atoms with Gasteiger partial charge in [-0.2, -0.15) is 0 Å². The Hall–Kier alpha value is -2.39. The monoisotopic (exact) mass is 480 g/mol. The molecule has 2 aromatic carbocycles. The van der Waals surface area contributed by atoms with Crippen molar-refractivity contribution in [1.29, 1.82) is 0 Å². The molecule has 1 spiro atoms. The summed E-state index contributed by atoms with van der Waals surface area (Å²) in [7, 11) is -3.57. The maximum absolute atomic E-state index is 15.5. The second-order valence-electron chi connectivity index (χ2n) is 9.56. The highest BCUT2D eigenvalue weighted by atomic mass is 32.2. The first kappa shape index (κ1) is 23.8. The second-order valence-corrected chi connectivity index (χ2v) is 11.3. The van der Waals surface area contributed by atoms with Gasteiger partial charge in [0.1, 0.15) is 17.5 Å². The van der Waals surface area contributed by atoms with Crippen LogP contribution in [0, 0.1) is 28.8 Å². The number of halogens is 3. The van der Waals surface area contributed by atoms with E-state index in [4.69, 9.17) is 0 Å². The number of hydrogen-bond donors (Lipinski definition) is 1. The van der Waals surface area contributed by atoms with E-state index in [9.17, 15) is 22.0 Å². The van der Waals surface area contributed by atoms with Crippen LogP contribution in [0.3, 0.4) is 0 Å². The first-order chi connectivity index (χ1) is 15.4. The van der Waals surface area contributed by atoms with E-state index in [-0.39, 0.29) is 40.4 Å². The fraction of sp³-hybridized carbons (Fsp3) is 0.458. The summed E-state index contributed by atoms with van der Waals surface area (Å²) in [6, 6.07) is 6.30. The van der Waals surface area contributed by atoms with Gasteiger partial charge in [0.25, 0.3) is 0 Å². The van der Waals surface area contributed by atoms with E-state index in [0.29, 0.717) is 6.54 Å². The summed E-state index contributed by atoms with van der Waals surface area (Å²) in [5, 5.41) is 0. The van der Waals surface area contributed by atoms with Crippen LogP contribution >= 0.6 is 0 Å².